The smallest absolute Gasteiger partial charge is 0.251 e. The molecular weight excluding hydrogens is 485 g/mol. The van der Waals surface area contributed by atoms with Gasteiger partial charge in [0.1, 0.15) is 0 Å². The summed E-state index contributed by atoms with van der Waals surface area (Å²) in [6, 6.07) is 7.60. The molecule has 0 aliphatic carbocycles. The van der Waals surface area contributed by atoms with Gasteiger partial charge in [-0.25, -0.2) is 0 Å². The molecule has 0 fully saturated rings. The normalized spacial score (nSPS) is 11.1. The zero-order valence-electron chi connectivity index (χ0n) is 18.0. The van der Waals surface area contributed by atoms with Crippen LogP contribution in [-0.4, -0.2) is 84.5 Å². The quantitative estimate of drug-likeness (QED) is 0.157. The molecule has 1 aromatic rings. The molecule has 166 valence electrons. The van der Waals surface area contributed by atoms with E-state index in [0.717, 1.165) is 31.0 Å². The molecule has 1 amide bonds. The van der Waals surface area contributed by atoms with Crippen molar-refractivity contribution in [2.45, 2.75) is 13.0 Å². The fourth-order valence-electron chi connectivity index (χ4n) is 2.35. The molecule has 29 heavy (non-hydrogen) atoms. The number of amides is 1. The number of nitrogens with one attached hydrogen (secondary N) is 3. The van der Waals surface area contributed by atoms with E-state index in [1.54, 1.807) is 14.2 Å². The summed E-state index contributed by atoms with van der Waals surface area (Å²) in [7, 11) is 7.36. The minimum absolute atomic E-state index is 0. The molecule has 0 spiro atoms. The fourth-order valence-corrected chi connectivity index (χ4v) is 2.35. The van der Waals surface area contributed by atoms with E-state index in [1.165, 1.54) is 0 Å². The van der Waals surface area contributed by atoms with E-state index in [9.17, 15) is 4.79 Å². The lowest BCUT2D eigenvalue weighted by molar-refractivity contribution is 0.0698. The van der Waals surface area contributed by atoms with Gasteiger partial charge in [0.15, 0.2) is 5.96 Å². The van der Waals surface area contributed by atoms with Gasteiger partial charge in [0.25, 0.3) is 5.91 Å². The minimum atomic E-state index is -0.0559. The number of likely N-dealkylation sites (N-methyl/N-ethyl adjacent to an activating group) is 1. The lowest BCUT2D eigenvalue weighted by Gasteiger charge is -2.13. The predicted octanol–water partition coefficient (Wildman–Crippen LogP) is 1.31. The summed E-state index contributed by atoms with van der Waals surface area (Å²) >= 11 is 0. The van der Waals surface area contributed by atoms with Gasteiger partial charge in [-0.3, -0.25) is 9.79 Å². The van der Waals surface area contributed by atoms with Crippen molar-refractivity contribution in [3.63, 3.8) is 0 Å². The van der Waals surface area contributed by atoms with E-state index in [0.29, 0.717) is 38.5 Å². The number of hydrogen-bond acceptors (Lipinski definition) is 5. The van der Waals surface area contributed by atoms with Crippen LogP contribution < -0.4 is 16.0 Å². The van der Waals surface area contributed by atoms with E-state index in [4.69, 9.17) is 9.47 Å². The van der Waals surface area contributed by atoms with Gasteiger partial charge in [-0.15, -0.1) is 24.0 Å². The molecule has 0 aliphatic heterocycles. The number of benzene rings is 1. The molecule has 0 aliphatic rings. The van der Waals surface area contributed by atoms with E-state index in [2.05, 4.69) is 20.9 Å². The number of carbonyl (C=O) groups is 1. The molecule has 0 aromatic heterocycles. The first-order chi connectivity index (χ1) is 13.6. The number of ether oxygens (including phenoxy) is 2. The number of guanidine groups is 1. The van der Waals surface area contributed by atoms with Gasteiger partial charge in [0.05, 0.1) is 13.2 Å². The van der Waals surface area contributed by atoms with Crippen molar-refractivity contribution in [1.82, 2.24) is 20.9 Å². The standard InChI is InChI=1S/C20H35N5O3.HI/c1-21-20(23-9-6-12-28-14-13-27-4)24-16-17-7-5-8-18(15-17)19(26)22-10-11-25(2)3;/h5,7-8,15H,6,9-14,16H2,1-4H3,(H,22,26)(H2,21,23,24);1H. The first-order valence-electron chi connectivity index (χ1n) is 9.60. The third-order valence-corrected chi connectivity index (χ3v) is 3.91. The SMILES string of the molecule is CN=C(NCCCOCCOC)NCc1cccc(C(=O)NCCN(C)C)c1.I. The highest BCUT2D eigenvalue weighted by Crippen LogP contribution is 2.05. The number of carbonyl (C=O) groups excluding carboxylic acids is 1. The Morgan fingerprint density at radius 2 is 1.90 bits per heavy atom. The number of nitrogens with zero attached hydrogens (tertiary/aromatic N) is 2. The number of hydrogen-bond donors (Lipinski definition) is 3. The molecule has 9 heteroatoms. The van der Waals surface area contributed by atoms with Gasteiger partial charge < -0.3 is 30.3 Å². The topological polar surface area (TPSA) is 87.2 Å². The molecule has 0 atom stereocenters. The van der Waals surface area contributed by atoms with Crippen LogP contribution in [0.25, 0.3) is 0 Å². The number of halogens is 1. The van der Waals surface area contributed by atoms with Crippen LogP contribution >= 0.6 is 24.0 Å². The van der Waals surface area contributed by atoms with Crippen LogP contribution in [-0.2, 0) is 16.0 Å². The average molecular weight is 521 g/mol. The van der Waals surface area contributed by atoms with Crippen LogP contribution in [0.4, 0.5) is 0 Å². The molecule has 0 saturated carbocycles. The Balaban J connectivity index is 0.00000784. The second-order valence-electron chi connectivity index (χ2n) is 6.57. The maximum atomic E-state index is 12.2. The Morgan fingerprint density at radius 1 is 1.10 bits per heavy atom. The van der Waals surface area contributed by atoms with E-state index in [-0.39, 0.29) is 29.9 Å². The van der Waals surface area contributed by atoms with Gasteiger partial charge in [0, 0.05) is 52.5 Å². The zero-order valence-corrected chi connectivity index (χ0v) is 20.3. The van der Waals surface area contributed by atoms with Gasteiger partial charge >= 0.3 is 0 Å². The molecule has 0 unspecified atom stereocenters. The Hall–Kier alpha value is -1.43. The van der Waals surface area contributed by atoms with Gasteiger partial charge in [0.2, 0.25) is 0 Å². The van der Waals surface area contributed by atoms with Crippen molar-refractivity contribution in [2.75, 3.05) is 67.7 Å². The molecule has 0 bridgehead atoms. The van der Waals surface area contributed by atoms with Crippen LogP contribution in [0.1, 0.15) is 22.3 Å². The van der Waals surface area contributed by atoms with Crippen LogP contribution in [0.15, 0.2) is 29.3 Å². The minimum Gasteiger partial charge on any atom is -0.382 e. The summed E-state index contributed by atoms with van der Waals surface area (Å²) in [5.41, 5.74) is 1.68. The summed E-state index contributed by atoms with van der Waals surface area (Å²) in [5.74, 6) is 0.664. The molecule has 1 rings (SSSR count). The van der Waals surface area contributed by atoms with Gasteiger partial charge in [-0.1, -0.05) is 12.1 Å². The number of aliphatic imine (C=N–C) groups is 1. The molecule has 8 nitrogen and oxygen atoms in total. The van der Waals surface area contributed by atoms with Crippen LogP contribution in [0.5, 0.6) is 0 Å². The third kappa shape index (κ3) is 13.4. The van der Waals surface area contributed by atoms with Crippen molar-refractivity contribution in [3.05, 3.63) is 35.4 Å². The maximum absolute atomic E-state index is 12.2. The molecule has 0 heterocycles. The summed E-state index contributed by atoms with van der Waals surface area (Å²) in [4.78, 5) is 18.5. The summed E-state index contributed by atoms with van der Waals surface area (Å²) < 4.78 is 10.4. The Morgan fingerprint density at radius 3 is 2.59 bits per heavy atom. The Kier molecular flexibility index (Phi) is 16.6. The number of methoxy groups -OCH3 is 1. The van der Waals surface area contributed by atoms with E-state index >= 15 is 0 Å². The van der Waals surface area contributed by atoms with E-state index < -0.39 is 0 Å². The first kappa shape index (κ1) is 27.6. The Labute approximate surface area is 191 Å². The molecule has 0 saturated heterocycles. The monoisotopic (exact) mass is 521 g/mol. The van der Waals surface area contributed by atoms with Crippen molar-refractivity contribution in [1.29, 1.82) is 0 Å². The van der Waals surface area contributed by atoms with Crippen LogP contribution in [0, 0.1) is 0 Å². The third-order valence-electron chi connectivity index (χ3n) is 3.91. The molecule has 0 radical (unpaired) electrons. The summed E-state index contributed by atoms with van der Waals surface area (Å²) in [5, 5.41) is 9.44. The fraction of sp³-hybridized carbons (Fsp3) is 0.600. The van der Waals surface area contributed by atoms with Gasteiger partial charge in [-0.05, 0) is 38.2 Å². The lowest BCUT2D eigenvalue weighted by Crippen LogP contribution is -2.37. The molecule has 1 aromatic carbocycles. The zero-order chi connectivity index (χ0) is 20.6. The van der Waals surface area contributed by atoms with Crippen molar-refractivity contribution >= 4 is 35.8 Å². The second-order valence-corrected chi connectivity index (χ2v) is 6.57. The lowest BCUT2D eigenvalue weighted by atomic mass is 10.1. The highest BCUT2D eigenvalue weighted by atomic mass is 127. The molecular formula is C20H36IN5O3. The first-order valence-corrected chi connectivity index (χ1v) is 9.60. The van der Waals surface area contributed by atoms with Gasteiger partial charge in [-0.2, -0.15) is 0 Å². The Bertz CT molecular complexity index is 599. The van der Waals surface area contributed by atoms with Crippen LogP contribution in [0.3, 0.4) is 0 Å². The van der Waals surface area contributed by atoms with Crippen molar-refractivity contribution in [2.24, 2.45) is 4.99 Å². The average Bonchev–Trinajstić information content (AvgIpc) is 2.69. The number of rotatable bonds is 13. The van der Waals surface area contributed by atoms with Crippen molar-refractivity contribution in [3.8, 4) is 0 Å². The highest BCUT2D eigenvalue weighted by molar-refractivity contribution is 14.0. The molecule has 3 N–H and O–H groups in total. The van der Waals surface area contributed by atoms with E-state index in [1.807, 2.05) is 43.3 Å². The second kappa shape index (κ2) is 17.4. The summed E-state index contributed by atoms with van der Waals surface area (Å²) in [6.45, 7) is 4.69. The highest BCUT2D eigenvalue weighted by Gasteiger charge is 2.06. The van der Waals surface area contributed by atoms with Crippen molar-refractivity contribution < 1.29 is 14.3 Å². The maximum Gasteiger partial charge on any atom is 0.251 e. The largest absolute Gasteiger partial charge is 0.382 e. The summed E-state index contributed by atoms with van der Waals surface area (Å²) in [6.07, 6.45) is 0.882. The van der Waals surface area contributed by atoms with Crippen LogP contribution in [0.2, 0.25) is 0 Å². The predicted molar refractivity (Wildman–Crippen MR) is 128 cm³/mol.